The van der Waals surface area contributed by atoms with Crippen molar-refractivity contribution in [1.82, 2.24) is 14.9 Å². The molecule has 0 unspecified atom stereocenters. The molecule has 0 radical (unpaired) electrons. The minimum absolute atomic E-state index is 0.119. The van der Waals surface area contributed by atoms with Crippen LogP contribution in [0.1, 0.15) is 48.1 Å². The zero-order valence-electron chi connectivity index (χ0n) is 18.7. The Hall–Kier alpha value is -3.47. The molecule has 3 aromatic carbocycles. The van der Waals surface area contributed by atoms with Gasteiger partial charge in [0.05, 0.1) is 11.0 Å². The van der Waals surface area contributed by atoms with Crippen LogP contribution in [0, 0.1) is 5.82 Å². The number of aromatic nitrogens is 2. The molecule has 0 saturated heterocycles. The minimum Gasteiger partial charge on any atom is -0.352 e. The Morgan fingerprint density at radius 3 is 2.34 bits per heavy atom. The summed E-state index contributed by atoms with van der Waals surface area (Å²) in [7, 11) is 0. The van der Waals surface area contributed by atoms with Gasteiger partial charge in [-0.2, -0.15) is 0 Å². The summed E-state index contributed by atoms with van der Waals surface area (Å²) in [6.45, 7) is 7.80. The van der Waals surface area contributed by atoms with E-state index in [0.717, 1.165) is 16.9 Å². The van der Waals surface area contributed by atoms with Crippen LogP contribution in [0.5, 0.6) is 0 Å². The van der Waals surface area contributed by atoms with Crippen molar-refractivity contribution >= 4 is 16.9 Å². The van der Waals surface area contributed by atoms with Gasteiger partial charge >= 0.3 is 0 Å². The van der Waals surface area contributed by atoms with Gasteiger partial charge in [-0.1, -0.05) is 57.2 Å². The Labute approximate surface area is 188 Å². The van der Waals surface area contributed by atoms with E-state index < -0.39 is 0 Å². The fourth-order valence-corrected chi connectivity index (χ4v) is 3.78. The van der Waals surface area contributed by atoms with Crippen LogP contribution in [0.3, 0.4) is 0 Å². The van der Waals surface area contributed by atoms with Gasteiger partial charge in [0.2, 0.25) is 0 Å². The molecular weight excluding hydrogens is 401 g/mol. The summed E-state index contributed by atoms with van der Waals surface area (Å²) in [5.74, 6) is 0.349. The van der Waals surface area contributed by atoms with Crippen LogP contribution in [0.2, 0.25) is 0 Å². The quantitative estimate of drug-likeness (QED) is 0.440. The number of imidazole rings is 1. The number of rotatable bonds is 6. The third kappa shape index (κ3) is 4.88. The number of carbonyl (C=O) groups is 1. The van der Waals surface area contributed by atoms with Gasteiger partial charge in [0.25, 0.3) is 5.91 Å². The lowest BCUT2D eigenvalue weighted by atomic mass is 9.87. The molecule has 0 aliphatic rings. The van der Waals surface area contributed by atoms with Gasteiger partial charge in [-0.05, 0) is 52.9 Å². The maximum atomic E-state index is 13.1. The fourth-order valence-electron chi connectivity index (χ4n) is 3.78. The Balaban J connectivity index is 1.51. The Kier molecular flexibility index (Phi) is 6.08. The number of carbonyl (C=O) groups excluding carboxylic acids is 1. The molecule has 32 heavy (non-hydrogen) atoms. The molecule has 4 nitrogen and oxygen atoms in total. The van der Waals surface area contributed by atoms with Crippen molar-refractivity contribution in [2.45, 2.75) is 39.2 Å². The molecule has 1 amide bonds. The van der Waals surface area contributed by atoms with Gasteiger partial charge in [-0.15, -0.1) is 0 Å². The van der Waals surface area contributed by atoms with Gasteiger partial charge in [-0.3, -0.25) is 4.79 Å². The summed E-state index contributed by atoms with van der Waals surface area (Å²) in [5, 5.41) is 2.91. The highest BCUT2D eigenvalue weighted by molar-refractivity contribution is 5.94. The highest BCUT2D eigenvalue weighted by Crippen LogP contribution is 2.23. The van der Waals surface area contributed by atoms with Gasteiger partial charge in [0.15, 0.2) is 0 Å². The Morgan fingerprint density at radius 2 is 1.66 bits per heavy atom. The third-order valence-electron chi connectivity index (χ3n) is 5.63. The largest absolute Gasteiger partial charge is 0.352 e. The van der Waals surface area contributed by atoms with Gasteiger partial charge < -0.3 is 9.88 Å². The summed E-state index contributed by atoms with van der Waals surface area (Å²) in [5.41, 5.74) is 5.09. The topological polar surface area (TPSA) is 46.9 Å². The molecule has 1 heterocycles. The lowest BCUT2D eigenvalue weighted by molar-refractivity contribution is 0.0954. The van der Waals surface area contributed by atoms with Crippen molar-refractivity contribution in [3.05, 3.63) is 101 Å². The number of nitrogens with zero attached hydrogens (tertiary/aromatic N) is 2. The lowest BCUT2D eigenvalue weighted by Gasteiger charge is -2.19. The molecule has 4 aromatic rings. The second kappa shape index (κ2) is 8.95. The van der Waals surface area contributed by atoms with Crippen LogP contribution in [-0.4, -0.2) is 22.0 Å². The molecule has 0 bridgehead atoms. The van der Waals surface area contributed by atoms with E-state index in [1.54, 1.807) is 0 Å². The molecule has 164 valence electrons. The monoisotopic (exact) mass is 429 g/mol. The van der Waals surface area contributed by atoms with Crippen molar-refractivity contribution in [2.75, 3.05) is 6.54 Å². The molecule has 1 aromatic heterocycles. The molecule has 1 N–H and O–H groups in total. The van der Waals surface area contributed by atoms with Gasteiger partial charge in [0.1, 0.15) is 11.6 Å². The Bertz CT molecular complexity index is 1220. The van der Waals surface area contributed by atoms with E-state index in [0.29, 0.717) is 25.1 Å². The maximum Gasteiger partial charge on any atom is 0.251 e. The SMILES string of the molecule is CC(C)(C)c1ccc(Cn2c(CCNC(=O)c3ccc(F)cc3)nc3ccccc32)cc1. The first-order valence-electron chi connectivity index (χ1n) is 10.9. The second-order valence-corrected chi connectivity index (χ2v) is 9.06. The van der Waals surface area contributed by atoms with E-state index in [9.17, 15) is 9.18 Å². The maximum absolute atomic E-state index is 13.1. The van der Waals surface area contributed by atoms with Crippen LogP contribution >= 0.6 is 0 Å². The average molecular weight is 430 g/mol. The predicted molar refractivity (Wildman–Crippen MR) is 126 cm³/mol. The summed E-state index contributed by atoms with van der Waals surface area (Å²) >= 11 is 0. The third-order valence-corrected chi connectivity index (χ3v) is 5.63. The molecular formula is C27H28FN3O. The van der Waals surface area contributed by atoms with E-state index in [4.69, 9.17) is 4.98 Å². The second-order valence-electron chi connectivity index (χ2n) is 9.06. The molecule has 0 aliphatic heterocycles. The Morgan fingerprint density at radius 1 is 0.969 bits per heavy atom. The first-order chi connectivity index (χ1) is 15.3. The number of amides is 1. The van der Waals surface area contributed by atoms with Gasteiger partial charge in [-0.25, -0.2) is 9.37 Å². The van der Waals surface area contributed by atoms with Crippen LogP contribution in [0.25, 0.3) is 11.0 Å². The number of halogens is 1. The number of nitrogens with one attached hydrogen (secondary N) is 1. The van der Waals surface area contributed by atoms with E-state index in [-0.39, 0.29) is 17.1 Å². The van der Waals surface area contributed by atoms with Crippen LogP contribution in [0.15, 0.2) is 72.8 Å². The lowest BCUT2D eigenvalue weighted by Crippen LogP contribution is -2.26. The van der Waals surface area contributed by atoms with Crippen LogP contribution in [0.4, 0.5) is 4.39 Å². The highest BCUT2D eigenvalue weighted by Gasteiger charge is 2.15. The first-order valence-corrected chi connectivity index (χ1v) is 10.9. The number of para-hydroxylation sites is 2. The summed E-state index contributed by atoms with van der Waals surface area (Å²) in [6.07, 6.45) is 0.599. The van der Waals surface area contributed by atoms with Crippen molar-refractivity contribution in [2.24, 2.45) is 0 Å². The van der Waals surface area contributed by atoms with Crippen molar-refractivity contribution in [3.63, 3.8) is 0 Å². The molecule has 4 rings (SSSR count). The normalized spacial score (nSPS) is 11.6. The zero-order valence-corrected chi connectivity index (χ0v) is 18.7. The van der Waals surface area contributed by atoms with E-state index in [1.807, 2.05) is 18.2 Å². The average Bonchev–Trinajstić information content (AvgIpc) is 3.11. The van der Waals surface area contributed by atoms with E-state index in [2.05, 4.69) is 61.0 Å². The summed E-state index contributed by atoms with van der Waals surface area (Å²) < 4.78 is 15.3. The number of hydrogen-bond acceptors (Lipinski definition) is 2. The number of hydrogen-bond donors (Lipinski definition) is 1. The standard InChI is InChI=1S/C27H28FN3O/c1-27(2,3)21-12-8-19(9-13-21)18-31-24-7-5-4-6-23(24)30-25(31)16-17-29-26(32)20-10-14-22(28)15-11-20/h4-15H,16-18H2,1-3H3,(H,29,32). The first kappa shape index (κ1) is 21.8. The minimum atomic E-state index is -0.356. The summed E-state index contributed by atoms with van der Waals surface area (Å²) in [4.78, 5) is 17.2. The molecule has 0 atom stereocenters. The van der Waals surface area contributed by atoms with Crippen molar-refractivity contribution in [1.29, 1.82) is 0 Å². The van der Waals surface area contributed by atoms with E-state index >= 15 is 0 Å². The number of fused-ring (bicyclic) bond motifs is 1. The van der Waals surface area contributed by atoms with E-state index in [1.165, 1.54) is 35.4 Å². The molecule has 0 aliphatic carbocycles. The predicted octanol–water partition coefficient (Wildman–Crippen LogP) is 5.49. The van der Waals surface area contributed by atoms with Crippen molar-refractivity contribution < 1.29 is 9.18 Å². The van der Waals surface area contributed by atoms with Gasteiger partial charge in [0, 0.05) is 25.1 Å². The molecule has 5 heteroatoms. The smallest absolute Gasteiger partial charge is 0.251 e. The highest BCUT2D eigenvalue weighted by atomic mass is 19.1. The van der Waals surface area contributed by atoms with Crippen LogP contribution < -0.4 is 5.32 Å². The fraction of sp³-hybridized carbons (Fsp3) is 0.259. The molecule has 0 spiro atoms. The number of benzene rings is 3. The van der Waals surface area contributed by atoms with Crippen LogP contribution in [-0.2, 0) is 18.4 Å². The summed E-state index contributed by atoms with van der Waals surface area (Å²) in [6, 6.07) is 22.4. The van der Waals surface area contributed by atoms with Crippen molar-refractivity contribution in [3.8, 4) is 0 Å². The molecule has 0 fully saturated rings. The molecule has 0 saturated carbocycles. The zero-order chi connectivity index (χ0) is 22.7.